The van der Waals surface area contributed by atoms with Gasteiger partial charge in [0.15, 0.2) is 0 Å². The molecule has 0 fully saturated rings. The summed E-state index contributed by atoms with van der Waals surface area (Å²) < 4.78 is 0. The summed E-state index contributed by atoms with van der Waals surface area (Å²) in [6.07, 6.45) is 0. The molecule has 1 aromatic heterocycles. The maximum Gasteiger partial charge on any atom is 0.258 e. The third-order valence-electron chi connectivity index (χ3n) is 4.41. The Balaban J connectivity index is 1.62. The Bertz CT molecular complexity index is 1230. The summed E-state index contributed by atoms with van der Waals surface area (Å²) in [6.45, 7) is 0. The van der Waals surface area contributed by atoms with Gasteiger partial charge < -0.3 is 16.8 Å². The lowest BCUT2D eigenvalue weighted by atomic mass is 10.2. The molecule has 2 amide bonds. The highest BCUT2D eigenvalue weighted by molar-refractivity contribution is 6.05. The molecule has 0 unspecified atom stereocenters. The zero-order valence-corrected chi connectivity index (χ0v) is 17.3. The molecule has 0 radical (unpaired) electrons. The van der Waals surface area contributed by atoms with E-state index in [-0.39, 0.29) is 17.8 Å². The van der Waals surface area contributed by atoms with Gasteiger partial charge in [-0.25, -0.2) is 0 Å². The van der Waals surface area contributed by atoms with E-state index >= 15 is 0 Å². The molecule has 0 aliphatic carbocycles. The molecule has 0 bridgehead atoms. The number of rotatable bonds is 6. The smallest absolute Gasteiger partial charge is 0.258 e. The molecule has 0 spiro atoms. The van der Waals surface area contributed by atoms with Gasteiger partial charge in [0.05, 0.1) is 0 Å². The standard InChI is InChI=1S/C23H20N8O2/c24-16-8-4-6-14(12-16)19(32)27-22-29-21(26-18-10-2-1-3-11-18)30-23(31-22)28-20(33)15-7-5-9-17(25)13-15/h1-13H,24-25H2,(H3,26,27,28,29,30,31,32,33). The first-order valence-corrected chi connectivity index (χ1v) is 9.88. The van der Waals surface area contributed by atoms with Gasteiger partial charge in [-0.2, -0.15) is 15.0 Å². The van der Waals surface area contributed by atoms with Crippen LogP contribution in [0.1, 0.15) is 20.7 Å². The fourth-order valence-electron chi connectivity index (χ4n) is 2.90. The number of nitrogen functional groups attached to an aromatic ring is 2. The number of nitrogens with one attached hydrogen (secondary N) is 3. The molecule has 4 rings (SSSR count). The normalized spacial score (nSPS) is 10.3. The van der Waals surface area contributed by atoms with Crippen LogP contribution in [0.4, 0.5) is 34.9 Å². The molecule has 10 heteroatoms. The molecule has 7 N–H and O–H groups in total. The van der Waals surface area contributed by atoms with E-state index in [0.717, 1.165) is 0 Å². The maximum atomic E-state index is 12.6. The molecular formula is C23H20N8O2. The second kappa shape index (κ2) is 9.43. The second-order valence-corrected chi connectivity index (χ2v) is 6.96. The Morgan fingerprint density at radius 3 is 1.58 bits per heavy atom. The van der Waals surface area contributed by atoms with E-state index in [0.29, 0.717) is 28.2 Å². The van der Waals surface area contributed by atoms with Crippen LogP contribution in [-0.4, -0.2) is 26.8 Å². The molecular weight excluding hydrogens is 420 g/mol. The zero-order valence-electron chi connectivity index (χ0n) is 17.3. The summed E-state index contributed by atoms with van der Waals surface area (Å²) in [5.41, 5.74) is 13.8. The molecule has 33 heavy (non-hydrogen) atoms. The lowest BCUT2D eigenvalue weighted by molar-refractivity contribution is 0.101. The molecule has 0 aliphatic rings. The monoisotopic (exact) mass is 440 g/mol. The Morgan fingerprint density at radius 2 is 1.09 bits per heavy atom. The van der Waals surface area contributed by atoms with Crippen LogP contribution in [0.2, 0.25) is 0 Å². The van der Waals surface area contributed by atoms with Crippen molar-refractivity contribution in [3.8, 4) is 0 Å². The van der Waals surface area contributed by atoms with Crippen LogP contribution in [0.25, 0.3) is 0 Å². The van der Waals surface area contributed by atoms with Crippen LogP contribution in [0.5, 0.6) is 0 Å². The van der Waals surface area contributed by atoms with E-state index < -0.39 is 11.8 Å². The van der Waals surface area contributed by atoms with Crippen molar-refractivity contribution in [2.75, 3.05) is 27.4 Å². The van der Waals surface area contributed by atoms with Gasteiger partial charge in [-0.05, 0) is 48.5 Å². The third kappa shape index (κ3) is 5.58. The van der Waals surface area contributed by atoms with Crippen molar-refractivity contribution >= 4 is 46.7 Å². The van der Waals surface area contributed by atoms with E-state index in [1.54, 1.807) is 36.4 Å². The van der Waals surface area contributed by atoms with Crippen molar-refractivity contribution in [3.63, 3.8) is 0 Å². The first-order valence-electron chi connectivity index (χ1n) is 9.88. The van der Waals surface area contributed by atoms with Gasteiger partial charge in [-0.15, -0.1) is 0 Å². The summed E-state index contributed by atoms with van der Waals surface area (Å²) >= 11 is 0. The predicted octanol–water partition coefficient (Wildman–Crippen LogP) is 3.28. The highest BCUT2D eigenvalue weighted by atomic mass is 16.2. The zero-order chi connectivity index (χ0) is 23.2. The molecule has 0 aliphatic heterocycles. The van der Waals surface area contributed by atoms with E-state index in [9.17, 15) is 9.59 Å². The molecule has 1 heterocycles. The third-order valence-corrected chi connectivity index (χ3v) is 4.41. The predicted molar refractivity (Wildman–Crippen MR) is 127 cm³/mol. The fraction of sp³-hybridized carbons (Fsp3) is 0. The van der Waals surface area contributed by atoms with Crippen LogP contribution >= 0.6 is 0 Å². The average Bonchev–Trinajstić information content (AvgIpc) is 2.79. The Morgan fingerprint density at radius 1 is 0.606 bits per heavy atom. The topological polar surface area (TPSA) is 161 Å². The molecule has 4 aromatic rings. The van der Waals surface area contributed by atoms with Gasteiger partial charge in [-0.1, -0.05) is 30.3 Å². The number of anilines is 6. The van der Waals surface area contributed by atoms with Crippen LogP contribution < -0.4 is 27.4 Å². The van der Waals surface area contributed by atoms with Crippen LogP contribution in [0, 0.1) is 0 Å². The molecule has 164 valence electrons. The quantitative estimate of drug-likeness (QED) is 0.285. The van der Waals surface area contributed by atoms with Crippen molar-refractivity contribution in [3.05, 3.63) is 90.0 Å². The van der Waals surface area contributed by atoms with Gasteiger partial charge >= 0.3 is 0 Å². The number of amides is 2. The second-order valence-electron chi connectivity index (χ2n) is 6.96. The average molecular weight is 440 g/mol. The number of benzene rings is 3. The lowest BCUT2D eigenvalue weighted by Gasteiger charge is -2.11. The SMILES string of the molecule is Nc1cccc(C(=O)Nc2nc(NC(=O)c3cccc(N)c3)nc(Nc3ccccc3)n2)c1. The van der Waals surface area contributed by atoms with Crippen molar-refractivity contribution in [1.29, 1.82) is 0 Å². The number of hydrogen-bond acceptors (Lipinski definition) is 8. The minimum atomic E-state index is -0.465. The molecule has 3 aromatic carbocycles. The maximum absolute atomic E-state index is 12.6. The summed E-state index contributed by atoms with van der Waals surface area (Å²) in [6, 6.07) is 22.1. The Hall–Kier alpha value is -4.99. The summed E-state index contributed by atoms with van der Waals surface area (Å²) in [5, 5.41) is 8.24. The van der Waals surface area contributed by atoms with Crippen molar-refractivity contribution in [2.24, 2.45) is 0 Å². The van der Waals surface area contributed by atoms with Crippen LogP contribution in [-0.2, 0) is 0 Å². The number of carbonyl (C=O) groups is 2. The van der Waals surface area contributed by atoms with Gasteiger partial charge in [0.2, 0.25) is 17.8 Å². The molecule has 10 nitrogen and oxygen atoms in total. The van der Waals surface area contributed by atoms with E-state index in [2.05, 4.69) is 30.9 Å². The van der Waals surface area contributed by atoms with Crippen molar-refractivity contribution in [2.45, 2.75) is 0 Å². The summed E-state index contributed by atoms with van der Waals surface area (Å²) in [5.74, 6) is -0.918. The summed E-state index contributed by atoms with van der Waals surface area (Å²) in [4.78, 5) is 37.9. The van der Waals surface area contributed by atoms with Crippen molar-refractivity contribution < 1.29 is 9.59 Å². The van der Waals surface area contributed by atoms with Crippen molar-refractivity contribution in [1.82, 2.24) is 15.0 Å². The highest BCUT2D eigenvalue weighted by Gasteiger charge is 2.14. The lowest BCUT2D eigenvalue weighted by Crippen LogP contribution is -2.19. The minimum absolute atomic E-state index is 0.0567. The molecule has 0 saturated carbocycles. The van der Waals surface area contributed by atoms with E-state index in [1.165, 1.54) is 12.1 Å². The number of nitrogens with zero attached hydrogens (tertiary/aromatic N) is 3. The number of hydrogen-bond donors (Lipinski definition) is 5. The fourth-order valence-corrected chi connectivity index (χ4v) is 2.90. The van der Waals surface area contributed by atoms with Crippen LogP contribution in [0.3, 0.4) is 0 Å². The number of aromatic nitrogens is 3. The van der Waals surface area contributed by atoms with Gasteiger partial charge in [0.25, 0.3) is 11.8 Å². The Kier molecular flexibility index (Phi) is 6.08. The van der Waals surface area contributed by atoms with Gasteiger partial charge in [0, 0.05) is 28.2 Å². The first kappa shape index (κ1) is 21.2. The Labute approximate surface area is 189 Å². The number of carbonyl (C=O) groups excluding carboxylic acids is 2. The summed E-state index contributed by atoms with van der Waals surface area (Å²) in [7, 11) is 0. The van der Waals surface area contributed by atoms with Crippen LogP contribution in [0.15, 0.2) is 78.9 Å². The van der Waals surface area contributed by atoms with E-state index in [1.807, 2.05) is 30.3 Å². The highest BCUT2D eigenvalue weighted by Crippen LogP contribution is 2.17. The number of nitrogens with two attached hydrogens (primary N) is 2. The van der Waals surface area contributed by atoms with E-state index in [4.69, 9.17) is 11.5 Å². The molecule has 0 saturated heterocycles. The largest absolute Gasteiger partial charge is 0.399 e. The minimum Gasteiger partial charge on any atom is -0.399 e. The van der Waals surface area contributed by atoms with Gasteiger partial charge in [-0.3, -0.25) is 20.2 Å². The number of para-hydroxylation sites is 1. The van der Waals surface area contributed by atoms with Gasteiger partial charge in [0.1, 0.15) is 0 Å². The first-order chi connectivity index (χ1) is 16.0. The molecule has 0 atom stereocenters.